The zero-order valence-electron chi connectivity index (χ0n) is 18.2. The fourth-order valence-corrected chi connectivity index (χ4v) is 3.83. The van der Waals surface area contributed by atoms with Crippen LogP contribution in [0.4, 0.5) is 0 Å². The number of benzene rings is 2. The summed E-state index contributed by atoms with van der Waals surface area (Å²) in [4.78, 5) is 13.2. The van der Waals surface area contributed by atoms with Crippen molar-refractivity contribution in [2.75, 3.05) is 6.54 Å². The molecule has 2 nitrogen and oxygen atoms in total. The van der Waals surface area contributed by atoms with Gasteiger partial charge >= 0.3 is 0 Å². The fraction of sp³-hybridized carbons (Fsp3) is 0.500. The van der Waals surface area contributed by atoms with Gasteiger partial charge in [0.1, 0.15) is 0 Å². The first kappa shape index (κ1) is 22.2. The molecule has 0 saturated carbocycles. The van der Waals surface area contributed by atoms with Crippen molar-refractivity contribution in [2.24, 2.45) is 0 Å². The summed E-state index contributed by atoms with van der Waals surface area (Å²) in [5, 5.41) is 3.22. The van der Waals surface area contributed by atoms with E-state index in [0.717, 1.165) is 37.7 Å². The summed E-state index contributed by atoms with van der Waals surface area (Å²) in [6, 6.07) is 17.2. The molecule has 0 heterocycles. The molecule has 1 unspecified atom stereocenters. The number of nitrogens with one attached hydrogen (secondary N) is 1. The van der Waals surface area contributed by atoms with E-state index >= 15 is 0 Å². The molecule has 152 valence electrons. The Labute approximate surface area is 171 Å². The Morgan fingerprint density at radius 2 is 1.68 bits per heavy atom. The summed E-state index contributed by atoms with van der Waals surface area (Å²) in [6.45, 7) is 9.30. The van der Waals surface area contributed by atoms with Crippen molar-refractivity contribution in [1.29, 1.82) is 0 Å². The Morgan fingerprint density at radius 1 is 0.929 bits per heavy atom. The van der Waals surface area contributed by atoms with E-state index in [0.29, 0.717) is 6.54 Å². The van der Waals surface area contributed by atoms with Gasteiger partial charge in [0.2, 0.25) is 5.91 Å². The Morgan fingerprint density at radius 3 is 2.32 bits per heavy atom. The molecule has 0 aliphatic rings. The van der Waals surface area contributed by atoms with Gasteiger partial charge in [-0.1, -0.05) is 93.6 Å². The van der Waals surface area contributed by atoms with E-state index in [2.05, 4.69) is 81.5 Å². The van der Waals surface area contributed by atoms with Gasteiger partial charge < -0.3 is 5.32 Å². The van der Waals surface area contributed by atoms with Crippen molar-refractivity contribution in [3.8, 4) is 0 Å². The van der Waals surface area contributed by atoms with E-state index in [9.17, 15) is 4.79 Å². The third kappa shape index (κ3) is 6.22. The first-order chi connectivity index (χ1) is 13.5. The largest absolute Gasteiger partial charge is 0.355 e. The molecule has 1 amide bonds. The minimum absolute atomic E-state index is 0.152. The lowest BCUT2D eigenvalue weighted by atomic mass is 9.76. The highest BCUT2D eigenvalue weighted by atomic mass is 16.2. The zero-order valence-corrected chi connectivity index (χ0v) is 18.2. The van der Waals surface area contributed by atoms with Crippen molar-refractivity contribution < 1.29 is 4.79 Å². The van der Waals surface area contributed by atoms with Crippen LogP contribution in [0.15, 0.2) is 48.5 Å². The minimum Gasteiger partial charge on any atom is -0.355 e. The van der Waals surface area contributed by atoms with Gasteiger partial charge in [0.15, 0.2) is 0 Å². The van der Waals surface area contributed by atoms with Crippen molar-refractivity contribution >= 4 is 5.91 Å². The molecule has 0 saturated heterocycles. The number of carbonyl (C=O) groups excluding carboxylic acids is 1. The van der Waals surface area contributed by atoms with Crippen LogP contribution < -0.4 is 5.32 Å². The van der Waals surface area contributed by atoms with E-state index in [1.807, 2.05) is 0 Å². The van der Waals surface area contributed by atoms with Crippen LogP contribution in [-0.2, 0) is 23.1 Å². The standard InChI is InChI=1S/C26H37NO/c1-5-7-8-18-26(4,24-15-13-22(10-6-2)14-16-24)25(28)27-19-17-23-12-9-11-21(3)20-23/h9,11-16,20H,5-8,10,17-19H2,1-4H3,(H,27,28). The van der Waals surface area contributed by atoms with Gasteiger partial charge in [-0.05, 0) is 49.8 Å². The van der Waals surface area contributed by atoms with Gasteiger partial charge in [0, 0.05) is 6.54 Å². The summed E-state index contributed by atoms with van der Waals surface area (Å²) in [5.74, 6) is 0.152. The molecule has 0 aliphatic heterocycles. The highest BCUT2D eigenvalue weighted by molar-refractivity contribution is 5.87. The van der Waals surface area contributed by atoms with Gasteiger partial charge in [-0.3, -0.25) is 4.79 Å². The number of amides is 1. The lowest BCUT2D eigenvalue weighted by molar-refractivity contribution is -0.126. The average molecular weight is 380 g/mol. The summed E-state index contributed by atoms with van der Waals surface area (Å²) in [7, 11) is 0. The van der Waals surface area contributed by atoms with E-state index in [1.54, 1.807) is 0 Å². The maximum Gasteiger partial charge on any atom is 0.230 e. The number of hydrogen-bond donors (Lipinski definition) is 1. The first-order valence-corrected chi connectivity index (χ1v) is 10.9. The smallest absolute Gasteiger partial charge is 0.230 e. The van der Waals surface area contributed by atoms with Crippen LogP contribution in [0.1, 0.15) is 75.1 Å². The fourth-order valence-electron chi connectivity index (χ4n) is 3.83. The molecular formula is C26H37NO. The second-order valence-electron chi connectivity index (χ2n) is 8.23. The number of unbranched alkanes of at least 4 members (excludes halogenated alkanes) is 2. The quantitative estimate of drug-likeness (QED) is 0.466. The van der Waals surface area contributed by atoms with Crippen LogP contribution in [-0.4, -0.2) is 12.5 Å². The third-order valence-electron chi connectivity index (χ3n) is 5.69. The number of carbonyl (C=O) groups is 1. The molecular weight excluding hydrogens is 342 g/mol. The lowest BCUT2D eigenvalue weighted by Crippen LogP contribution is -2.43. The van der Waals surface area contributed by atoms with Gasteiger partial charge in [-0.15, -0.1) is 0 Å². The summed E-state index contributed by atoms with van der Waals surface area (Å²) in [5.41, 5.74) is 4.56. The van der Waals surface area contributed by atoms with Crippen LogP contribution in [0, 0.1) is 6.92 Å². The van der Waals surface area contributed by atoms with Crippen molar-refractivity contribution in [1.82, 2.24) is 5.32 Å². The van der Waals surface area contributed by atoms with E-state index in [1.165, 1.54) is 29.5 Å². The summed E-state index contributed by atoms with van der Waals surface area (Å²) >= 11 is 0. The normalized spacial score (nSPS) is 13.1. The Hall–Kier alpha value is -2.09. The Kier molecular flexibility index (Phi) is 8.76. The summed E-state index contributed by atoms with van der Waals surface area (Å²) < 4.78 is 0. The molecule has 0 spiro atoms. The first-order valence-electron chi connectivity index (χ1n) is 10.9. The Bertz CT molecular complexity index is 734. The molecule has 1 atom stereocenters. The van der Waals surface area contributed by atoms with Crippen LogP contribution in [0.2, 0.25) is 0 Å². The topological polar surface area (TPSA) is 29.1 Å². The lowest BCUT2D eigenvalue weighted by Gasteiger charge is -2.29. The molecule has 0 bridgehead atoms. The molecule has 2 aromatic rings. The molecule has 2 rings (SSSR count). The van der Waals surface area contributed by atoms with Crippen LogP contribution in [0.5, 0.6) is 0 Å². The molecule has 0 aromatic heterocycles. The van der Waals surface area contributed by atoms with Crippen molar-refractivity contribution in [3.63, 3.8) is 0 Å². The van der Waals surface area contributed by atoms with E-state index in [4.69, 9.17) is 0 Å². The predicted octanol–water partition coefficient (Wildman–Crippen LogP) is 6.14. The molecule has 0 radical (unpaired) electrons. The van der Waals surface area contributed by atoms with Crippen molar-refractivity contribution in [3.05, 3.63) is 70.8 Å². The second-order valence-corrected chi connectivity index (χ2v) is 8.23. The number of hydrogen-bond acceptors (Lipinski definition) is 1. The molecule has 0 aliphatic carbocycles. The predicted molar refractivity (Wildman–Crippen MR) is 120 cm³/mol. The highest BCUT2D eigenvalue weighted by Crippen LogP contribution is 2.31. The number of rotatable bonds is 11. The van der Waals surface area contributed by atoms with Gasteiger partial charge in [0.05, 0.1) is 5.41 Å². The number of aryl methyl sites for hydroxylation is 2. The van der Waals surface area contributed by atoms with Crippen LogP contribution in [0.3, 0.4) is 0 Å². The van der Waals surface area contributed by atoms with E-state index in [-0.39, 0.29) is 5.91 Å². The molecule has 2 heteroatoms. The minimum atomic E-state index is -0.466. The van der Waals surface area contributed by atoms with Gasteiger partial charge in [0.25, 0.3) is 0 Å². The monoisotopic (exact) mass is 379 g/mol. The SMILES string of the molecule is CCCCCC(C)(C(=O)NCCc1cccc(C)c1)c1ccc(CCC)cc1. The third-order valence-corrected chi connectivity index (χ3v) is 5.69. The molecule has 1 N–H and O–H groups in total. The van der Waals surface area contributed by atoms with Crippen LogP contribution in [0.25, 0.3) is 0 Å². The maximum atomic E-state index is 13.2. The van der Waals surface area contributed by atoms with Crippen LogP contribution >= 0.6 is 0 Å². The second kappa shape index (κ2) is 11.0. The van der Waals surface area contributed by atoms with Gasteiger partial charge in [-0.25, -0.2) is 0 Å². The van der Waals surface area contributed by atoms with E-state index < -0.39 is 5.41 Å². The molecule has 2 aromatic carbocycles. The average Bonchev–Trinajstić information content (AvgIpc) is 2.69. The maximum absolute atomic E-state index is 13.2. The summed E-state index contributed by atoms with van der Waals surface area (Å²) in [6.07, 6.45) is 7.41. The highest BCUT2D eigenvalue weighted by Gasteiger charge is 2.34. The van der Waals surface area contributed by atoms with Gasteiger partial charge in [-0.2, -0.15) is 0 Å². The molecule has 28 heavy (non-hydrogen) atoms. The zero-order chi connectivity index (χ0) is 20.4. The van der Waals surface area contributed by atoms with Crippen molar-refractivity contribution in [2.45, 2.75) is 78.1 Å². The molecule has 0 fully saturated rings. The Balaban J connectivity index is 2.07.